The minimum atomic E-state index is -2.75. The van der Waals surface area contributed by atoms with Gasteiger partial charge in [-0.3, -0.25) is 0 Å². The summed E-state index contributed by atoms with van der Waals surface area (Å²) in [5.74, 6) is 0. The van der Waals surface area contributed by atoms with Crippen LogP contribution in [0.25, 0.3) is 62.6 Å². The lowest BCUT2D eigenvalue weighted by Crippen LogP contribution is -2.74. The van der Waals surface area contributed by atoms with Gasteiger partial charge in [-0.05, 0) is 104 Å². The van der Waals surface area contributed by atoms with Crippen molar-refractivity contribution in [2.45, 2.75) is 13.8 Å². The third kappa shape index (κ3) is 5.22. The highest BCUT2D eigenvalue weighted by atomic mass is 32.1. The average molecular weight is 729 g/mol. The highest BCUT2D eigenvalue weighted by molar-refractivity contribution is 7.26. The molecule has 2 heterocycles. The molecule has 53 heavy (non-hydrogen) atoms. The molecule has 0 bridgehead atoms. The van der Waals surface area contributed by atoms with E-state index in [0.717, 1.165) is 0 Å². The van der Waals surface area contributed by atoms with Gasteiger partial charge in [-0.15, -0.1) is 22.7 Å². The molecule has 252 valence electrons. The molecule has 10 rings (SSSR count). The molecule has 0 unspecified atom stereocenters. The first-order valence-electron chi connectivity index (χ1n) is 18.2. The largest absolute Gasteiger partial charge is 0.179 e. The summed E-state index contributed by atoms with van der Waals surface area (Å²) in [5, 5.41) is 10.9. The molecule has 0 aliphatic rings. The Labute approximate surface area is 319 Å². The van der Waals surface area contributed by atoms with E-state index in [2.05, 4.69) is 196 Å². The highest BCUT2D eigenvalue weighted by Crippen LogP contribution is 2.38. The quantitative estimate of drug-likeness (QED) is 0.118. The standard InChI is InChI=1S/C50H36S2Si/c1-33-29-39(23-25-41(33)35-21-27-49-45(31-35)43-17-9-11-19-47(43)51-49)53(37-13-5-3-6-14-37,38-15-7-4-8-16-38)40-24-26-42(34(2)30-40)36-22-28-50-46(32-36)44-18-10-12-20-48(44)52-50/h3-32H,1-2H3. The first-order valence-corrected chi connectivity index (χ1v) is 21.9. The summed E-state index contributed by atoms with van der Waals surface area (Å²) in [5.41, 5.74) is 7.72. The van der Waals surface area contributed by atoms with E-state index in [1.807, 2.05) is 22.7 Å². The summed E-state index contributed by atoms with van der Waals surface area (Å²) in [7, 11) is -2.75. The van der Waals surface area contributed by atoms with Gasteiger partial charge in [-0.1, -0.05) is 146 Å². The zero-order valence-electron chi connectivity index (χ0n) is 29.6. The summed E-state index contributed by atoms with van der Waals surface area (Å²) in [4.78, 5) is 0. The maximum Gasteiger partial charge on any atom is 0.179 e. The van der Waals surface area contributed by atoms with Crippen molar-refractivity contribution in [2.24, 2.45) is 0 Å². The van der Waals surface area contributed by atoms with Gasteiger partial charge in [-0.2, -0.15) is 0 Å². The molecular formula is C50H36S2Si. The van der Waals surface area contributed by atoms with Crippen LogP contribution in [0.3, 0.4) is 0 Å². The van der Waals surface area contributed by atoms with E-state index < -0.39 is 8.07 Å². The molecule has 0 saturated heterocycles. The van der Waals surface area contributed by atoms with Gasteiger partial charge in [0.25, 0.3) is 0 Å². The van der Waals surface area contributed by atoms with E-state index >= 15 is 0 Å². The fourth-order valence-electron chi connectivity index (χ4n) is 8.61. The van der Waals surface area contributed by atoms with Crippen LogP contribution in [-0.2, 0) is 0 Å². The number of benzene rings is 8. The SMILES string of the molecule is Cc1cc([Si](c2ccccc2)(c2ccccc2)c2ccc(-c3ccc4sc5ccccc5c4c3)c(C)c2)ccc1-c1ccc2sc3ccccc3c2c1. The predicted octanol–water partition coefficient (Wildman–Crippen LogP) is 11.8. The number of hydrogen-bond donors (Lipinski definition) is 0. The average Bonchev–Trinajstić information content (AvgIpc) is 3.77. The van der Waals surface area contributed by atoms with Crippen molar-refractivity contribution in [3.05, 3.63) is 193 Å². The van der Waals surface area contributed by atoms with Gasteiger partial charge in [-0.25, -0.2) is 0 Å². The Kier molecular flexibility index (Phi) is 7.76. The molecular weight excluding hydrogens is 693 g/mol. The maximum absolute atomic E-state index is 2.75. The lowest BCUT2D eigenvalue weighted by Gasteiger charge is -2.35. The van der Waals surface area contributed by atoms with Crippen molar-refractivity contribution < 1.29 is 0 Å². The molecule has 0 N–H and O–H groups in total. The fraction of sp³-hybridized carbons (Fsp3) is 0.0400. The van der Waals surface area contributed by atoms with Gasteiger partial charge in [0.2, 0.25) is 0 Å². The number of thiophene rings is 2. The van der Waals surface area contributed by atoms with Crippen molar-refractivity contribution in [1.82, 2.24) is 0 Å². The molecule has 8 aromatic carbocycles. The van der Waals surface area contributed by atoms with Crippen molar-refractivity contribution >= 4 is 91.8 Å². The molecule has 10 aromatic rings. The Bertz CT molecular complexity index is 2770. The van der Waals surface area contributed by atoms with E-state index in [9.17, 15) is 0 Å². The topological polar surface area (TPSA) is 0 Å². The minimum absolute atomic E-state index is 1.27. The summed E-state index contributed by atoms with van der Waals surface area (Å²) in [6.45, 7) is 4.59. The molecule has 0 atom stereocenters. The van der Waals surface area contributed by atoms with Crippen LogP contribution < -0.4 is 20.7 Å². The Hall–Kier alpha value is -5.58. The second-order valence-corrected chi connectivity index (χ2v) is 20.1. The summed E-state index contributed by atoms with van der Waals surface area (Å²) < 4.78 is 5.36. The molecule has 3 heteroatoms. The van der Waals surface area contributed by atoms with Gasteiger partial charge < -0.3 is 0 Å². The number of hydrogen-bond acceptors (Lipinski definition) is 2. The smallest absolute Gasteiger partial charge is 0.135 e. The highest BCUT2D eigenvalue weighted by Gasteiger charge is 2.41. The third-order valence-electron chi connectivity index (χ3n) is 11.1. The summed E-state index contributed by atoms with van der Waals surface area (Å²) in [6, 6.07) is 68.7. The van der Waals surface area contributed by atoms with Crippen LogP contribution in [0.1, 0.15) is 11.1 Å². The molecule has 0 fully saturated rings. The Morgan fingerprint density at radius 1 is 0.321 bits per heavy atom. The van der Waals surface area contributed by atoms with Gasteiger partial charge in [0.15, 0.2) is 8.07 Å². The zero-order valence-corrected chi connectivity index (χ0v) is 32.3. The van der Waals surface area contributed by atoms with Crippen molar-refractivity contribution in [3.8, 4) is 22.3 Å². The molecule has 0 aliphatic carbocycles. The second-order valence-electron chi connectivity index (χ2n) is 14.2. The van der Waals surface area contributed by atoms with Crippen LogP contribution in [0, 0.1) is 13.8 Å². The molecule has 0 amide bonds. The lowest BCUT2D eigenvalue weighted by atomic mass is 9.99. The Morgan fingerprint density at radius 2 is 0.717 bits per heavy atom. The number of fused-ring (bicyclic) bond motifs is 6. The van der Waals surface area contributed by atoms with E-state index in [4.69, 9.17) is 0 Å². The lowest BCUT2D eigenvalue weighted by molar-refractivity contribution is 1.47. The van der Waals surface area contributed by atoms with Crippen LogP contribution in [0.2, 0.25) is 0 Å². The van der Waals surface area contributed by atoms with Crippen molar-refractivity contribution in [2.75, 3.05) is 0 Å². The van der Waals surface area contributed by atoms with Gasteiger partial charge >= 0.3 is 0 Å². The van der Waals surface area contributed by atoms with E-state index in [-0.39, 0.29) is 0 Å². The van der Waals surface area contributed by atoms with Crippen molar-refractivity contribution in [3.63, 3.8) is 0 Å². The van der Waals surface area contributed by atoms with E-state index in [0.29, 0.717) is 0 Å². The minimum Gasteiger partial charge on any atom is -0.135 e. The number of aryl methyl sites for hydroxylation is 2. The fourth-order valence-corrected chi connectivity index (χ4v) is 15.7. The molecule has 2 aromatic heterocycles. The molecule has 0 radical (unpaired) electrons. The molecule has 0 saturated carbocycles. The van der Waals surface area contributed by atoms with E-state index in [1.54, 1.807) is 0 Å². The molecule has 0 spiro atoms. The van der Waals surface area contributed by atoms with Crippen LogP contribution in [0.5, 0.6) is 0 Å². The number of rotatable bonds is 6. The maximum atomic E-state index is 2.50. The Morgan fingerprint density at radius 3 is 1.15 bits per heavy atom. The summed E-state index contributed by atoms with van der Waals surface area (Å²) >= 11 is 3.75. The predicted molar refractivity (Wildman–Crippen MR) is 236 cm³/mol. The monoisotopic (exact) mass is 728 g/mol. The van der Waals surface area contributed by atoms with Gasteiger partial charge in [0, 0.05) is 40.3 Å². The van der Waals surface area contributed by atoms with Crippen LogP contribution in [-0.4, -0.2) is 8.07 Å². The molecule has 0 aliphatic heterocycles. The third-order valence-corrected chi connectivity index (χ3v) is 18.2. The van der Waals surface area contributed by atoms with Crippen LogP contribution >= 0.6 is 22.7 Å². The van der Waals surface area contributed by atoms with Crippen molar-refractivity contribution in [1.29, 1.82) is 0 Å². The first-order chi connectivity index (χ1) is 26.1. The zero-order chi connectivity index (χ0) is 35.5. The van der Waals surface area contributed by atoms with E-state index in [1.165, 1.54) is 94.5 Å². The van der Waals surface area contributed by atoms with Gasteiger partial charge in [0.05, 0.1) is 0 Å². The second kappa shape index (κ2) is 12.8. The van der Waals surface area contributed by atoms with Crippen LogP contribution in [0.4, 0.5) is 0 Å². The van der Waals surface area contributed by atoms with Crippen LogP contribution in [0.15, 0.2) is 182 Å². The normalized spacial score (nSPS) is 12.0. The first kappa shape index (κ1) is 32.1. The summed E-state index contributed by atoms with van der Waals surface area (Å²) in [6.07, 6.45) is 0. The van der Waals surface area contributed by atoms with Gasteiger partial charge in [0.1, 0.15) is 0 Å². The Balaban J connectivity index is 1.15. The molecule has 0 nitrogen and oxygen atoms in total.